The molecule has 2 amide bonds. The van der Waals surface area contributed by atoms with Crippen molar-refractivity contribution < 1.29 is 9.21 Å². The summed E-state index contributed by atoms with van der Waals surface area (Å²) in [4.78, 5) is 23.1. The van der Waals surface area contributed by atoms with E-state index >= 15 is 0 Å². The van der Waals surface area contributed by atoms with Crippen LogP contribution in [0.2, 0.25) is 0 Å². The molecule has 0 bridgehead atoms. The third-order valence-electron chi connectivity index (χ3n) is 4.55. The van der Waals surface area contributed by atoms with Crippen molar-refractivity contribution in [1.82, 2.24) is 15.3 Å². The Bertz CT molecular complexity index is 909. The number of carbonyl (C=O) groups excluding carboxylic acids is 1. The smallest absolute Gasteiger partial charge is 0.319 e. The van der Waals surface area contributed by atoms with Crippen LogP contribution in [-0.2, 0) is 0 Å². The molecular weight excluding hydrogens is 330 g/mol. The van der Waals surface area contributed by atoms with Crippen LogP contribution in [0.5, 0.6) is 0 Å². The molecule has 2 N–H and O–H groups in total. The number of benzene rings is 1. The highest BCUT2D eigenvalue weighted by Gasteiger charge is 2.22. The van der Waals surface area contributed by atoms with Crippen LogP contribution in [0, 0.1) is 6.92 Å². The molecule has 7 heteroatoms. The highest BCUT2D eigenvalue weighted by Crippen LogP contribution is 2.26. The van der Waals surface area contributed by atoms with Crippen LogP contribution in [0.25, 0.3) is 11.0 Å². The van der Waals surface area contributed by atoms with E-state index in [1.54, 1.807) is 18.6 Å². The minimum atomic E-state index is -0.224. The van der Waals surface area contributed by atoms with Gasteiger partial charge in [0.05, 0.1) is 11.9 Å². The van der Waals surface area contributed by atoms with Gasteiger partial charge < -0.3 is 20.0 Å². The first-order valence-electron chi connectivity index (χ1n) is 8.77. The summed E-state index contributed by atoms with van der Waals surface area (Å²) in [6, 6.07) is 7.51. The number of fused-ring (bicyclic) bond motifs is 1. The van der Waals surface area contributed by atoms with Crippen LogP contribution in [0.1, 0.15) is 18.6 Å². The predicted molar refractivity (Wildman–Crippen MR) is 100 cm³/mol. The molecule has 3 aromatic rings. The van der Waals surface area contributed by atoms with Gasteiger partial charge in [-0.25, -0.2) is 9.78 Å². The lowest BCUT2D eigenvalue weighted by molar-refractivity contribution is 0.246. The predicted octanol–water partition coefficient (Wildman–Crippen LogP) is 3.32. The van der Waals surface area contributed by atoms with Crippen molar-refractivity contribution in [1.29, 1.82) is 0 Å². The van der Waals surface area contributed by atoms with Crippen LogP contribution in [0.3, 0.4) is 0 Å². The summed E-state index contributed by atoms with van der Waals surface area (Å²) in [6.45, 7) is 3.53. The monoisotopic (exact) mass is 351 g/mol. The van der Waals surface area contributed by atoms with E-state index in [0.717, 1.165) is 42.9 Å². The molecule has 1 saturated heterocycles. The Morgan fingerprint density at radius 2 is 2.27 bits per heavy atom. The molecule has 0 radical (unpaired) electrons. The van der Waals surface area contributed by atoms with E-state index in [1.165, 1.54) is 0 Å². The van der Waals surface area contributed by atoms with E-state index in [0.29, 0.717) is 11.3 Å². The molecule has 134 valence electrons. The molecule has 1 atom stereocenters. The van der Waals surface area contributed by atoms with Gasteiger partial charge in [-0.05, 0) is 31.9 Å². The largest absolute Gasteiger partial charge is 0.459 e. The van der Waals surface area contributed by atoms with Gasteiger partial charge >= 0.3 is 6.03 Å². The summed E-state index contributed by atoms with van der Waals surface area (Å²) in [5.41, 5.74) is 1.37. The number of aryl methyl sites for hydroxylation is 1. The second-order valence-electron chi connectivity index (χ2n) is 6.53. The number of aromatic nitrogens is 2. The highest BCUT2D eigenvalue weighted by atomic mass is 16.3. The lowest BCUT2D eigenvalue weighted by atomic mass is 10.1. The van der Waals surface area contributed by atoms with Crippen molar-refractivity contribution in [2.75, 3.05) is 23.3 Å². The molecule has 0 spiro atoms. The quantitative estimate of drug-likeness (QED) is 0.756. The molecule has 7 nitrogen and oxygen atoms in total. The number of hydrogen-bond acceptors (Lipinski definition) is 5. The number of rotatable bonds is 3. The molecule has 4 rings (SSSR count). The SMILES string of the molecule is Cc1cc2cccc(NC(=O)NC3CCCN(c4cnccn4)C3)c2o1. The van der Waals surface area contributed by atoms with Crippen LogP contribution < -0.4 is 15.5 Å². The lowest BCUT2D eigenvalue weighted by Gasteiger charge is -2.33. The summed E-state index contributed by atoms with van der Waals surface area (Å²) in [5.74, 6) is 1.66. The first-order valence-corrected chi connectivity index (χ1v) is 8.77. The van der Waals surface area contributed by atoms with E-state index in [-0.39, 0.29) is 12.1 Å². The fourth-order valence-corrected chi connectivity index (χ4v) is 3.39. The summed E-state index contributed by atoms with van der Waals surface area (Å²) in [6.07, 6.45) is 7.03. The summed E-state index contributed by atoms with van der Waals surface area (Å²) in [5, 5.41) is 6.95. The minimum Gasteiger partial charge on any atom is -0.459 e. The van der Waals surface area contributed by atoms with Gasteiger partial charge in [-0.1, -0.05) is 12.1 Å². The molecule has 2 aromatic heterocycles. The minimum absolute atomic E-state index is 0.0586. The molecule has 1 aromatic carbocycles. The van der Waals surface area contributed by atoms with Gasteiger partial charge in [0.15, 0.2) is 5.58 Å². The maximum Gasteiger partial charge on any atom is 0.319 e. The topological polar surface area (TPSA) is 83.3 Å². The number of para-hydroxylation sites is 1. The number of anilines is 2. The number of carbonyl (C=O) groups is 1. The Morgan fingerprint density at radius 1 is 1.35 bits per heavy atom. The zero-order chi connectivity index (χ0) is 17.9. The van der Waals surface area contributed by atoms with Crippen LogP contribution in [-0.4, -0.2) is 35.1 Å². The van der Waals surface area contributed by atoms with Gasteiger partial charge in [-0.3, -0.25) is 4.98 Å². The normalized spacial score (nSPS) is 17.3. The maximum absolute atomic E-state index is 12.5. The molecule has 0 aliphatic carbocycles. The first-order chi connectivity index (χ1) is 12.7. The second-order valence-corrected chi connectivity index (χ2v) is 6.53. The second kappa shape index (κ2) is 7.03. The lowest BCUT2D eigenvalue weighted by Crippen LogP contribution is -2.49. The number of furan rings is 1. The first kappa shape index (κ1) is 16.4. The number of nitrogens with one attached hydrogen (secondary N) is 2. The van der Waals surface area contributed by atoms with Gasteiger partial charge in [-0.15, -0.1) is 0 Å². The van der Waals surface area contributed by atoms with Crippen molar-refractivity contribution in [2.24, 2.45) is 0 Å². The van der Waals surface area contributed by atoms with E-state index < -0.39 is 0 Å². The Hall–Kier alpha value is -3.09. The van der Waals surface area contributed by atoms with Gasteiger partial charge in [0.25, 0.3) is 0 Å². The number of amides is 2. The number of nitrogens with zero attached hydrogens (tertiary/aromatic N) is 3. The summed E-state index contributed by atoms with van der Waals surface area (Å²) in [7, 11) is 0. The van der Waals surface area contributed by atoms with Crippen molar-refractivity contribution in [3.8, 4) is 0 Å². The average molecular weight is 351 g/mol. The highest BCUT2D eigenvalue weighted by molar-refractivity contribution is 5.99. The molecule has 0 saturated carbocycles. The van der Waals surface area contributed by atoms with Crippen LogP contribution >= 0.6 is 0 Å². The van der Waals surface area contributed by atoms with E-state index in [1.807, 2.05) is 31.2 Å². The Labute approximate surface area is 151 Å². The summed E-state index contributed by atoms with van der Waals surface area (Å²) >= 11 is 0. The van der Waals surface area contributed by atoms with Crippen LogP contribution in [0.15, 0.2) is 47.3 Å². The van der Waals surface area contributed by atoms with Gasteiger partial charge in [0.1, 0.15) is 11.6 Å². The average Bonchev–Trinajstić information content (AvgIpc) is 3.04. The molecule has 3 heterocycles. The zero-order valence-electron chi connectivity index (χ0n) is 14.6. The molecule has 1 unspecified atom stereocenters. The van der Waals surface area contributed by atoms with E-state index in [9.17, 15) is 4.79 Å². The number of piperidine rings is 1. The standard InChI is InChI=1S/C19H21N5O2/c1-13-10-14-4-2-6-16(18(14)26-13)23-19(25)22-15-5-3-9-24(12-15)17-11-20-7-8-21-17/h2,4,6-8,10-11,15H,3,5,9,12H2,1H3,(H2,22,23,25). The van der Waals surface area contributed by atoms with Gasteiger partial charge in [0, 0.05) is 36.9 Å². The Balaban J connectivity index is 1.41. The van der Waals surface area contributed by atoms with Crippen molar-refractivity contribution in [2.45, 2.75) is 25.8 Å². The van der Waals surface area contributed by atoms with Gasteiger partial charge in [-0.2, -0.15) is 0 Å². The van der Waals surface area contributed by atoms with Crippen LogP contribution in [0.4, 0.5) is 16.3 Å². The maximum atomic E-state index is 12.5. The van der Waals surface area contributed by atoms with Crippen molar-refractivity contribution >= 4 is 28.5 Å². The van der Waals surface area contributed by atoms with Gasteiger partial charge in [0.2, 0.25) is 0 Å². The Morgan fingerprint density at radius 3 is 3.12 bits per heavy atom. The number of urea groups is 1. The summed E-state index contributed by atoms with van der Waals surface area (Å²) < 4.78 is 5.70. The van der Waals surface area contributed by atoms with Crippen molar-refractivity contribution in [3.63, 3.8) is 0 Å². The van der Waals surface area contributed by atoms with E-state index in [4.69, 9.17) is 4.42 Å². The van der Waals surface area contributed by atoms with E-state index in [2.05, 4.69) is 25.5 Å². The van der Waals surface area contributed by atoms with Crippen molar-refractivity contribution in [3.05, 3.63) is 48.6 Å². The fraction of sp³-hybridized carbons (Fsp3) is 0.316. The molecular formula is C19H21N5O2. The molecule has 1 fully saturated rings. The molecule has 26 heavy (non-hydrogen) atoms. The molecule has 1 aliphatic rings. The zero-order valence-corrected chi connectivity index (χ0v) is 14.6. The third-order valence-corrected chi connectivity index (χ3v) is 4.55. The fourth-order valence-electron chi connectivity index (χ4n) is 3.39. The molecule has 1 aliphatic heterocycles. The Kier molecular flexibility index (Phi) is 4.43. The third kappa shape index (κ3) is 3.46. The number of hydrogen-bond donors (Lipinski definition) is 2.